The van der Waals surface area contributed by atoms with Crippen molar-refractivity contribution >= 4 is 17.9 Å². The van der Waals surface area contributed by atoms with E-state index in [9.17, 15) is 14.4 Å². The Labute approximate surface area is 113 Å². The summed E-state index contributed by atoms with van der Waals surface area (Å²) in [5.41, 5.74) is 4.92. The Hall–Kier alpha value is -2.65. The number of carboxylic acids is 1. The molecule has 0 saturated carbocycles. The third-order valence-corrected chi connectivity index (χ3v) is 2.31. The molecular formula is C10H15N5O5. The molecule has 10 nitrogen and oxygen atoms in total. The van der Waals surface area contributed by atoms with Crippen molar-refractivity contribution in [3.05, 3.63) is 12.2 Å². The van der Waals surface area contributed by atoms with E-state index in [1.165, 1.54) is 6.33 Å². The second-order valence-electron chi connectivity index (χ2n) is 3.88. The number of amides is 3. The highest BCUT2D eigenvalue weighted by Gasteiger charge is 2.20. The largest absolute Gasteiger partial charge is 0.480 e. The van der Waals surface area contributed by atoms with Gasteiger partial charge >= 0.3 is 12.0 Å². The molecular weight excluding hydrogens is 270 g/mol. The molecule has 0 aliphatic rings. The van der Waals surface area contributed by atoms with E-state index in [2.05, 4.69) is 20.8 Å². The first kappa shape index (κ1) is 15.4. The maximum atomic E-state index is 11.5. The first-order valence-electron chi connectivity index (χ1n) is 5.80. The maximum Gasteiger partial charge on any atom is 0.326 e. The predicted octanol–water partition coefficient (Wildman–Crippen LogP) is -1.37. The van der Waals surface area contributed by atoms with Crippen molar-refractivity contribution in [1.29, 1.82) is 0 Å². The van der Waals surface area contributed by atoms with Crippen molar-refractivity contribution < 1.29 is 24.0 Å². The number of hydrogen-bond donors (Lipinski definition) is 4. The van der Waals surface area contributed by atoms with E-state index in [-0.39, 0.29) is 19.4 Å². The minimum Gasteiger partial charge on any atom is -0.480 e. The lowest BCUT2D eigenvalue weighted by atomic mass is 10.1. The molecule has 0 radical (unpaired) electrons. The number of aromatic nitrogens is 2. The highest BCUT2D eigenvalue weighted by molar-refractivity contribution is 5.83. The Kier molecular flexibility index (Phi) is 5.94. The molecule has 0 bridgehead atoms. The Morgan fingerprint density at radius 2 is 2.20 bits per heavy atom. The van der Waals surface area contributed by atoms with Crippen LogP contribution in [0.1, 0.15) is 18.7 Å². The molecule has 0 saturated heterocycles. The van der Waals surface area contributed by atoms with Gasteiger partial charge in [0.25, 0.3) is 0 Å². The van der Waals surface area contributed by atoms with Crippen LogP contribution in [-0.4, -0.2) is 45.7 Å². The van der Waals surface area contributed by atoms with Gasteiger partial charge in [-0.3, -0.25) is 4.79 Å². The predicted molar refractivity (Wildman–Crippen MR) is 64.4 cm³/mol. The summed E-state index contributed by atoms with van der Waals surface area (Å²) in [4.78, 5) is 36.7. The number of nitrogens with zero attached hydrogens (tertiary/aromatic N) is 2. The highest BCUT2D eigenvalue weighted by Crippen LogP contribution is 1.97. The molecule has 3 amide bonds. The Bertz CT molecular complexity index is 461. The van der Waals surface area contributed by atoms with Crippen LogP contribution in [0.2, 0.25) is 0 Å². The maximum absolute atomic E-state index is 11.5. The second kappa shape index (κ2) is 7.71. The molecule has 110 valence electrons. The van der Waals surface area contributed by atoms with Crippen molar-refractivity contribution in [3.8, 4) is 0 Å². The van der Waals surface area contributed by atoms with Gasteiger partial charge in [-0.1, -0.05) is 5.16 Å². The average Bonchev–Trinajstić information content (AvgIpc) is 2.87. The standard InChI is InChI=1S/C10H15N5O5/c11-7(16)2-1-6(9(17)18)15-10(19)12-4-3-8-13-5-14-20-8/h5-6H,1-4H2,(H2,11,16)(H,17,18)(H2,12,15,19)/t6-/m0/s1. The van der Waals surface area contributed by atoms with Crippen LogP contribution in [0.4, 0.5) is 4.79 Å². The van der Waals surface area contributed by atoms with Crippen molar-refractivity contribution in [1.82, 2.24) is 20.8 Å². The van der Waals surface area contributed by atoms with E-state index >= 15 is 0 Å². The zero-order valence-corrected chi connectivity index (χ0v) is 10.5. The van der Waals surface area contributed by atoms with Gasteiger partial charge in [-0.2, -0.15) is 4.98 Å². The van der Waals surface area contributed by atoms with Gasteiger partial charge in [0.1, 0.15) is 6.04 Å². The fourth-order valence-corrected chi connectivity index (χ4v) is 1.34. The number of aliphatic carboxylic acids is 1. The molecule has 0 fully saturated rings. The van der Waals surface area contributed by atoms with E-state index in [0.717, 1.165) is 0 Å². The zero-order chi connectivity index (χ0) is 15.0. The third-order valence-electron chi connectivity index (χ3n) is 2.31. The fourth-order valence-electron chi connectivity index (χ4n) is 1.34. The number of carbonyl (C=O) groups excluding carboxylic acids is 2. The summed E-state index contributed by atoms with van der Waals surface area (Å²) in [7, 11) is 0. The molecule has 0 aliphatic carbocycles. The van der Waals surface area contributed by atoms with Crippen molar-refractivity contribution in [2.24, 2.45) is 5.73 Å². The SMILES string of the molecule is NC(=O)CC[C@H](NC(=O)NCCc1ncno1)C(=O)O. The van der Waals surface area contributed by atoms with E-state index in [0.29, 0.717) is 12.3 Å². The molecule has 1 aromatic rings. The number of nitrogens with one attached hydrogen (secondary N) is 2. The average molecular weight is 285 g/mol. The van der Waals surface area contributed by atoms with E-state index < -0.39 is 23.9 Å². The summed E-state index contributed by atoms with van der Waals surface area (Å²) >= 11 is 0. The van der Waals surface area contributed by atoms with Gasteiger partial charge in [0, 0.05) is 19.4 Å². The fraction of sp³-hybridized carbons (Fsp3) is 0.500. The number of carboxylic acid groups (broad SMARTS) is 1. The van der Waals surface area contributed by atoms with Crippen LogP contribution < -0.4 is 16.4 Å². The minimum absolute atomic E-state index is 0.0677. The summed E-state index contributed by atoms with van der Waals surface area (Å²) in [6.07, 6.45) is 1.37. The van der Waals surface area contributed by atoms with Gasteiger partial charge in [0.15, 0.2) is 6.33 Å². The van der Waals surface area contributed by atoms with Crippen LogP contribution in [-0.2, 0) is 16.0 Å². The number of nitrogens with two attached hydrogens (primary N) is 1. The van der Waals surface area contributed by atoms with Crippen molar-refractivity contribution in [2.45, 2.75) is 25.3 Å². The molecule has 5 N–H and O–H groups in total. The van der Waals surface area contributed by atoms with Crippen LogP contribution in [0.5, 0.6) is 0 Å². The number of rotatable bonds is 8. The van der Waals surface area contributed by atoms with Crippen molar-refractivity contribution in [3.63, 3.8) is 0 Å². The number of carbonyl (C=O) groups is 3. The van der Waals surface area contributed by atoms with Gasteiger partial charge in [-0.15, -0.1) is 0 Å². The molecule has 1 rings (SSSR count). The quantitative estimate of drug-likeness (QED) is 0.458. The van der Waals surface area contributed by atoms with E-state index in [1.807, 2.05) is 0 Å². The van der Waals surface area contributed by atoms with Crippen LogP contribution in [0, 0.1) is 0 Å². The second-order valence-corrected chi connectivity index (χ2v) is 3.88. The summed E-state index contributed by atoms with van der Waals surface area (Å²) < 4.78 is 4.72. The topological polar surface area (TPSA) is 160 Å². The van der Waals surface area contributed by atoms with Gasteiger partial charge in [-0.05, 0) is 6.42 Å². The normalized spacial score (nSPS) is 11.6. The van der Waals surface area contributed by atoms with Crippen LogP contribution >= 0.6 is 0 Å². The molecule has 1 heterocycles. The van der Waals surface area contributed by atoms with E-state index in [4.69, 9.17) is 15.4 Å². The van der Waals surface area contributed by atoms with Gasteiger partial charge < -0.3 is 26.0 Å². The monoisotopic (exact) mass is 285 g/mol. The third kappa shape index (κ3) is 5.80. The minimum atomic E-state index is -1.24. The van der Waals surface area contributed by atoms with Crippen molar-refractivity contribution in [2.75, 3.05) is 6.54 Å². The highest BCUT2D eigenvalue weighted by atomic mass is 16.5. The molecule has 0 aliphatic heterocycles. The van der Waals surface area contributed by atoms with Crippen LogP contribution in [0.25, 0.3) is 0 Å². The summed E-state index contributed by atoms with van der Waals surface area (Å²) in [6.45, 7) is 0.205. The number of urea groups is 1. The summed E-state index contributed by atoms with van der Waals surface area (Å²) in [5, 5.41) is 16.9. The van der Waals surface area contributed by atoms with Gasteiger partial charge in [0.2, 0.25) is 11.8 Å². The molecule has 0 aromatic carbocycles. The lowest BCUT2D eigenvalue weighted by Crippen LogP contribution is -2.46. The summed E-state index contributed by atoms with van der Waals surface area (Å²) in [6, 6.07) is -1.84. The molecule has 0 spiro atoms. The van der Waals surface area contributed by atoms with Crippen LogP contribution in [0.15, 0.2) is 10.9 Å². The molecule has 1 atom stereocenters. The molecule has 20 heavy (non-hydrogen) atoms. The Balaban J connectivity index is 2.30. The first-order chi connectivity index (χ1) is 9.49. The Morgan fingerprint density at radius 3 is 2.75 bits per heavy atom. The molecule has 10 heteroatoms. The molecule has 1 aromatic heterocycles. The zero-order valence-electron chi connectivity index (χ0n) is 10.5. The first-order valence-corrected chi connectivity index (χ1v) is 5.80. The number of primary amides is 1. The summed E-state index contributed by atoms with van der Waals surface area (Å²) in [5.74, 6) is -1.51. The lowest BCUT2D eigenvalue weighted by Gasteiger charge is -2.14. The van der Waals surface area contributed by atoms with Gasteiger partial charge in [0.05, 0.1) is 0 Å². The smallest absolute Gasteiger partial charge is 0.326 e. The van der Waals surface area contributed by atoms with Gasteiger partial charge in [-0.25, -0.2) is 9.59 Å². The Morgan fingerprint density at radius 1 is 1.45 bits per heavy atom. The molecule has 0 unspecified atom stereocenters. The van der Waals surface area contributed by atoms with Crippen LogP contribution in [0.3, 0.4) is 0 Å². The number of hydrogen-bond acceptors (Lipinski definition) is 6. The lowest BCUT2D eigenvalue weighted by molar-refractivity contribution is -0.139. The van der Waals surface area contributed by atoms with E-state index in [1.54, 1.807) is 0 Å².